The number of para-hydroxylation sites is 1. The van der Waals surface area contributed by atoms with E-state index in [1.807, 2.05) is 37.4 Å². The van der Waals surface area contributed by atoms with Crippen molar-refractivity contribution in [1.29, 1.82) is 0 Å². The van der Waals surface area contributed by atoms with E-state index < -0.39 is 0 Å². The van der Waals surface area contributed by atoms with Crippen molar-refractivity contribution in [3.63, 3.8) is 0 Å². The summed E-state index contributed by atoms with van der Waals surface area (Å²) in [6.07, 6.45) is 1.86. The molecule has 0 aliphatic heterocycles. The summed E-state index contributed by atoms with van der Waals surface area (Å²) in [5.74, 6) is 0. The van der Waals surface area contributed by atoms with Crippen LogP contribution in [0.4, 0.5) is 0 Å². The summed E-state index contributed by atoms with van der Waals surface area (Å²) in [6, 6.07) is 7.99. The second kappa shape index (κ2) is 4.16. The van der Waals surface area contributed by atoms with Crippen molar-refractivity contribution in [3.8, 4) is 5.69 Å². The van der Waals surface area contributed by atoms with E-state index in [9.17, 15) is 0 Å². The van der Waals surface area contributed by atoms with Crippen LogP contribution in [0.25, 0.3) is 5.69 Å². The van der Waals surface area contributed by atoms with Gasteiger partial charge in [0.15, 0.2) is 0 Å². The Morgan fingerprint density at radius 2 is 2.13 bits per heavy atom. The highest BCUT2D eigenvalue weighted by Gasteiger charge is 2.07. The number of aryl methyl sites for hydroxylation is 1. The van der Waals surface area contributed by atoms with Gasteiger partial charge >= 0.3 is 0 Å². The van der Waals surface area contributed by atoms with E-state index in [0.29, 0.717) is 5.69 Å². The van der Waals surface area contributed by atoms with Gasteiger partial charge in [-0.1, -0.05) is 18.2 Å². The predicted molar refractivity (Wildman–Crippen MR) is 61.9 cm³/mol. The Hall–Kier alpha value is -1.13. The van der Waals surface area contributed by atoms with Crippen molar-refractivity contribution in [3.05, 3.63) is 46.2 Å². The van der Waals surface area contributed by atoms with Crippen LogP contribution in [0.1, 0.15) is 11.3 Å². The summed E-state index contributed by atoms with van der Waals surface area (Å²) in [4.78, 5) is 0. The Labute approximate surface area is 96.5 Å². The molecule has 4 heteroatoms. The van der Waals surface area contributed by atoms with Crippen LogP contribution in [0.2, 0.25) is 0 Å². The van der Waals surface area contributed by atoms with Crippen molar-refractivity contribution in [2.24, 2.45) is 0 Å². The number of aliphatic hydroxyl groups is 1. The molecule has 1 aromatic heterocycles. The van der Waals surface area contributed by atoms with Gasteiger partial charge in [-0.2, -0.15) is 5.10 Å². The Kier molecular flexibility index (Phi) is 2.88. The molecular formula is C11H11BrN2O. The van der Waals surface area contributed by atoms with Crippen LogP contribution < -0.4 is 0 Å². The van der Waals surface area contributed by atoms with Gasteiger partial charge in [-0.3, -0.25) is 0 Å². The molecule has 2 rings (SSSR count). The second-order valence-corrected chi connectivity index (χ2v) is 4.17. The summed E-state index contributed by atoms with van der Waals surface area (Å²) in [5, 5.41) is 13.3. The van der Waals surface area contributed by atoms with E-state index in [0.717, 1.165) is 15.7 Å². The molecule has 1 heterocycles. The molecule has 1 aromatic carbocycles. The molecule has 78 valence electrons. The summed E-state index contributed by atoms with van der Waals surface area (Å²) in [7, 11) is 0. The molecule has 1 N–H and O–H groups in total. The number of hydrogen-bond donors (Lipinski definition) is 1. The van der Waals surface area contributed by atoms with Crippen molar-refractivity contribution in [2.75, 3.05) is 0 Å². The lowest BCUT2D eigenvalue weighted by Gasteiger charge is -2.04. The molecular weight excluding hydrogens is 256 g/mol. The lowest BCUT2D eigenvalue weighted by Crippen LogP contribution is -1.98. The van der Waals surface area contributed by atoms with E-state index in [1.165, 1.54) is 0 Å². The van der Waals surface area contributed by atoms with Gasteiger partial charge < -0.3 is 5.11 Å². The van der Waals surface area contributed by atoms with E-state index in [-0.39, 0.29) is 6.61 Å². The van der Waals surface area contributed by atoms with Gasteiger partial charge in [0.1, 0.15) is 5.69 Å². The Bertz CT molecular complexity index is 479. The first-order valence-corrected chi connectivity index (χ1v) is 5.42. The molecule has 0 atom stereocenters. The number of nitrogens with zero attached hydrogens (tertiary/aromatic N) is 2. The fourth-order valence-electron chi connectivity index (χ4n) is 1.44. The predicted octanol–water partition coefficient (Wildman–Crippen LogP) is 2.44. The van der Waals surface area contributed by atoms with Crippen molar-refractivity contribution in [2.45, 2.75) is 13.5 Å². The van der Waals surface area contributed by atoms with Gasteiger partial charge in [-0.05, 0) is 34.5 Å². The van der Waals surface area contributed by atoms with E-state index in [4.69, 9.17) is 5.11 Å². The first-order valence-electron chi connectivity index (χ1n) is 4.63. The molecule has 0 saturated carbocycles. The van der Waals surface area contributed by atoms with Gasteiger partial charge in [-0.25, -0.2) is 4.68 Å². The SMILES string of the molecule is Cc1ccccc1-n1cc(Br)c(CO)n1. The Balaban J connectivity index is 2.50. The maximum absolute atomic E-state index is 9.04. The van der Waals surface area contributed by atoms with E-state index in [1.54, 1.807) is 4.68 Å². The van der Waals surface area contributed by atoms with Crippen LogP contribution in [0.3, 0.4) is 0 Å². The second-order valence-electron chi connectivity index (χ2n) is 3.31. The first-order chi connectivity index (χ1) is 7.22. The third-order valence-electron chi connectivity index (χ3n) is 2.25. The summed E-state index contributed by atoms with van der Waals surface area (Å²) < 4.78 is 2.60. The molecule has 0 saturated heterocycles. The van der Waals surface area contributed by atoms with Crippen LogP contribution in [-0.4, -0.2) is 14.9 Å². The summed E-state index contributed by atoms with van der Waals surface area (Å²) in [6.45, 7) is 1.98. The number of aromatic nitrogens is 2. The molecule has 0 amide bonds. The molecule has 3 nitrogen and oxygen atoms in total. The van der Waals surface area contributed by atoms with Gasteiger partial charge in [0, 0.05) is 6.20 Å². The average molecular weight is 267 g/mol. The maximum Gasteiger partial charge on any atom is 0.102 e. The molecule has 0 bridgehead atoms. The van der Waals surface area contributed by atoms with E-state index in [2.05, 4.69) is 21.0 Å². The lowest BCUT2D eigenvalue weighted by atomic mass is 10.2. The van der Waals surface area contributed by atoms with Crippen molar-refractivity contribution in [1.82, 2.24) is 9.78 Å². The van der Waals surface area contributed by atoms with Crippen LogP contribution >= 0.6 is 15.9 Å². The summed E-state index contributed by atoms with van der Waals surface area (Å²) >= 11 is 3.36. The third kappa shape index (κ3) is 1.96. The highest BCUT2D eigenvalue weighted by molar-refractivity contribution is 9.10. The Morgan fingerprint density at radius 1 is 1.40 bits per heavy atom. The highest BCUT2D eigenvalue weighted by atomic mass is 79.9. The third-order valence-corrected chi connectivity index (χ3v) is 2.91. The number of hydrogen-bond acceptors (Lipinski definition) is 2. The maximum atomic E-state index is 9.04. The van der Waals surface area contributed by atoms with E-state index >= 15 is 0 Å². The quantitative estimate of drug-likeness (QED) is 0.907. The van der Waals surface area contributed by atoms with Gasteiger partial charge in [0.05, 0.1) is 16.8 Å². The number of benzene rings is 1. The normalized spacial score (nSPS) is 10.6. The first kappa shape index (κ1) is 10.4. The van der Waals surface area contributed by atoms with Gasteiger partial charge in [0.25, 0.3) is 0 Å². The molecule has 0 fully saturated rings. The zero-order valence-corrected chi connectivity index (χ0v) is 9.90. The summed E-state index contributed by atoms with van der Waals surface area (Å²) in [5.41, 5.74) is 2.83. The minimum atomic E-state index is -0.0561. The molecule has 0 spiro atoms. The lowest BCUT2D eigenvalue weighted by molar-refractivity contribution is 0.275. The van der Waals surface area contributed by atoms with Gasteiger partial charge in [0.2, 0.25) is 0 Å². The monoisotopic (exact) mass is 266 g/mol. The number of halogens is 1. The highest BCUT2D eigenvalue weighted by Crippen LogP contribution is 2.19. The van der Waals surface area contributed by atoms with Crippen LogP contribution in [0.5, 0.6) is 0 Å². The molecule has 2 aromatic rings. The smallest absolute Gasteiger partial charge is 0.102 e. The largest absolute Gasteiger partial charge is 0.390 e. The van der Waals surface area contributed by atoms with Crippen LogP contribution in [0, 0.1) is 6.92 Å². The number of aliphatic hydroxyl groups excluding tert-OH is 1. The molecule has 0 aliphatic rings. The molecule has 0 radical (unpaired) electrons. The Morgan fingerprint density at radius 3 is 2.73 bits per heavy atom. The topological polar surface area (TPSA) is 38.0 Å². The molecule has 0 aliphatic carbocycles. The molecule has 0 unspecified atom stereocenters. The van der Waals surface area contributed by atoms with Crippen molar-refractivity contribution >= 4 is 15.9 Å². The minimum Gasteiger partial charge on any atom is -0.390 e. The fourth-order valence-corrected chi connectivity index (χ4v) is 1.84. The van der Waals surface area contributed by atoms with Crippen LogP contribution in [0.15, 0.2) is 34.9 Å². The zero-order valence-electron chi connectivity index (χ0n) is 8.31. The standard InChI is InChI=1S/C11H11BrN2O/c1-8-4-2-3-5-11(8)14-6-9(12)10(7-15)13-14/h2-6,15H,7H2,1H3. The van der Waals surface area contributed by atoms with Gasteiger partial charge in [-0.15, -0.1) is 0 Å². The minimum absolute atomic E-state index is 0.0561. The average Bonchev–Trinajstić information content (AvgIpc) is 2.60. The fraction of sp³-hybridized carbons (Fsp3) is 0.182. The molecule has 15 heavy (non-hydrogen) atoms. The van der Waals surface area contributed by atoms with Crippen LogP contribution in [-0.2, 0) is 6.61 Å². The number of rotatable bonds is 2. The van der Waals surface area contributed by atoms with Crippen molar-refractivity contribution < 1.29 is 5.11 Å². The zero-order chi connectivity index (χ0) is 10.8.